The highest BCUT2D eigenvalue weighted by Gasteiger charge is 2.32. The normalized spacial score (nSPS) is 11.3. The zero-order chi connectivity index (χ0) is 25.7. The molecule has 36 heavy (non-hydrogen) atoms. The first-order chi connectivity index (χ1) is 17.3. The number of benzene rings is 2. The molecule has 4 aromatic rings. The van der Waals surface area contributed by atoms with Crippen molar-refractivity contribution >= 4 is 0 Å². The lowest BCUT2D eigenvalue weighted by Crippen LogP contribution is -2.02. The van der Waals surface area contributed by atoms with Crippen LogP contribution < -0.4 is 18.9 Å². The van der Waals surface area contributed by atoms with E-state index in [0.717, 1.165) is 17.8 Å². The zero-order valence-corrected chi connectivity index (χ0v) is 19.4. The third-order valence-corrected chi connectivity index (χ3v) is 5.30. The van der Waals surface area contributed by atoms with Crippen LogP contribution in [0.15, 0.2) is 67.0 Å². The fourth-order valence-corrected chi connectivity index (χ4v) is 3.37. The van der Waals surface area contributed by atoms with Crippen LogP contribution in [0.3, 0.4) is 0 Å². The van der Waals surface area contributed by atoms with Crippen LogP contribution in [0, 0.1) is 5.82 Å². The average Bonchev–Trinajstić information content (AvgIpc) is 3.37. The molecule has 0 amide bonds. The largest absolute Gasteiger partial charge is 0.497 e. The number of H-pyrrole nitrogens is 1. The van der Waals surface area contributed by atoms with Gasteiger partial charge in [0.2, 0.25) is 5.88 Å². The van der Waals surface area contributed by atoms with Gasteiger partial charge in [-0.1, -0.05) is 18.2 Å². The number of rotatable bonds is 9. The Hall–Kier alpha value is -4.21. The molecular weight excluding hydrogens is 480 g/mol. The lowest BCUT2D eigenvalue weighted by atomic mass is 10.1. The minimum Gasteiger partial charge on any atom is -0.497 e. The molecule has 0 saturated heterocycles. The molecular formula is C26H22F4N2O4. The van der Waals surface area contributed by atoms with Crippen molar-refractivity contribution in [2.45, 2.75) is 19.4 Å². The summed E-state index contributed by atoms with van der Waals surface area (Å²) in [6.45, 7) is 0.142. The Morgan fingerprint density at radius 3 is 2.19 bits per heavy atom. The van der Waals surface area contributed by atoms with Gasteiger partial charge in [0.1, 0.15) is 24.7 Å². The van der Waals surface area contributed by atoms with Gasteiger partial charge in [0.05, 0.1) is 31.0 Å². The molecule has 2 heterocycles. The van der Waals surface area contributed by atoms with Gasteiger partial charge in [-0.15, -0.1) is 0 Å². The Morgan fingerprint density at radius 2 is 1.56 bits per heavy atom. The summed E-state index contributed by atoms with van der Waals surface area (Å²) >= 11 is 0. The number of halogens is 4. The van der Waals surface area contributed by atoms with Gasteiger partial charge in [-0.2, -0.15) is 13.2 Å². The van der Waals surface area contributed by atoms with E-state index in [1.54, 1.807) is 25.3 Å². The van der Waals surface area contributed by atoms with Crippen molar-refractivity contribution in [3.8, 4) is 34.4 Å². The number of nitrogens with zero attached hydrogens (tertiary/aromatic N) is 1. The maximum absolute atomic E-state index is 14.0. The van der Waals surface area contributed by atoms with Gasteiger partial charge < -0.3 is 23.9 Å². The van der Waals surface area contributed by atoms with E-state index in [4.69, 9.17) is 18.9 Å². The Bertz CT molecular complexity index is 1320. The molecule has 6 nitrogen and oxygen atoms in total. The number of ether oxygens (including phenoxy) is 4. The molecule has 0 aliphatic rings. The Kier molecular flexibility index (Phi) is 7.33. The molecule has 0 spiro atoms. The molecule has 0 bridgehead atoms. The number of aromatic nitrogens is 2. The second-order valence-corrected chi connectivity index (χ2v) is 7.71. The van der Waals surface area contributed by atoms with E-state index in [-0.39, 0.29) is 36.3 Å². The molecule has 2 aromatic heterocycles. The smallest absolute Gasteiger partial charge is 0.417 e. The summed E-state index contributed by atoms with van der Waals surface area (Å²) in [4.78, 5) is 6.82. The Balaban J connectivity index is 1.58. The summed E-state index contributed by atoms with van der Waals surface area (Å²) in [5, 5.41) is 0. The van der Waals surface area contributed by atoms with E-state index in [9.17, 15) is 17.6 Å². The van der Waals surface area contributed by atoms with E-state index < -0.39 is 17.6 Å². The van der Waals surface area contributed by atoms with Crippen molar-refractivity contribution in [2.24, 2.45) is 0 Å². The van der Waals surface area contributed by atoms with Gasteiger partial charge in [0.25, 0.3) is 0 Å². The first-order valence-electron chi connectivity index (χ1n) is 10.7. The van der Waals surface area contributed by atoms with Crippen molar-refractivity contribution in [3.63, 3.8) is 0 Å². The van der Waals surface area contributed by atoms with Crippen molar-refractivity contribution in [1.82, 2.24) is 9.97 Å². The Labute approximate surface area is 204 Å². The second kappa shape index (κ2) is 10.6. The van der Waals surface area contributed by atoms with Crippen molar-refractivity contribution in [1.29, 1.82) is 0 Å². The highest BCUT2D eigenvalue weighted by atomic mass is 19.4. The maximum Gasteiger partial charge on any atom is 0.417 e. The standard InChI is InChI=1S/C26H22F4N2O4/c1-33-19-6-3-16(4-7-19)14-35-24-11-25(36-15-17-5-8-23(34-2)21(27)9-17)32-13-20(24)22-10-18(12-31-22)26(28,29)30/h3-13,31H,14-15H2,1-2H3. The Morgan fingerprint density at radius 1 is 0.833 bits per heavy atom. The molecule has 0 fully saturated rings. The van der Waals surface area contributed by atoms with Gasteiger partial charge in [0.15, 0.2) is 11.6 Å². The zero-order valence-electron chi connectivity index (χ0n) is 19.4. The molecule has 4 rings (SSSR count). The van der Waals surface area contributed by atoms with Gasteiger partial charge in [-0.3, -0.25) is 0 Å². The van der Waals surface area contributed by atoms with E-state index in [1.165, 1.54) is 31.5 Å². The fourth-order valence-electron chi connectivity index (χ4n) is 3.37. The molecule has 0 aliphatic heterocycles. The summed E-state index contributed by atoms with van der Waals surface area (Å²) in [5.74, 6) is 0.673. The topological polar surface area (TPSA) is 65.6 Å². The molecule has 10 heteroatoms. The second-order valence-electron chi connectivity index (χ2n) is 7.71. The van der Waals surface area contributed by atoms with Crippen LogP contribution in [0.4, 0.5) is 17.6 Å². The molecule has 0 saturated carbocycles. The number of aromatic amines is 1. The number of nitrogens with one attached hydrogen (secondary N) is 1. The minimum absolute atomic E-state index is 0.00586. The van der Waals surface area contributed by atoms with Crippen molar-refractivity contribution in [2.75, 3.05) is 14.2 Å². The molecule has 0 atom stereocenters. The first kappa shape index (κ1) is 24.9. The molecule has 0 unspecified atom stereocenters. The van der Waals surface area contributed by atoms with E-state index in [1.807, 2.05) is 12.1 Å². The summed E-state index contributed by atoms with van der Waals surface area (Å²) in [5.41, 5.74) is 1.04. The predicted octanol–water partition coefficient (Wildman–Crippen LogP) is 6.41. The fraction of sp³-hybridized carbons (Fsp3) is 0.192. The average molecular weight is 502 g/mol. The molecule has 2 aromatic carbocycles. The first-order valence-corrected chi connectivity index (χ1v) is 10.7. The van der Waals surface area contributed by atoms with Gasteiger partial charge in [-0.05, 0) is 41.5 Å². The summed E-state index contributed by atoms with van der Waals surface area (Å²) in [6.07, 6.45) is -2.26. The van der Waals surface area contributed by atoms with Crippen LogP contribution in [-0.2, 0) is 19.4 Å². The van der Waals surface area contributed by atoms with Gasteiger partial charge in [0, 0.05) is 18.5 Å². The number of hydrogen-bond donors (Lipinski definition) is 1. The quantitative estimate of drug-likeness (QED) is 0.268. The molecule has 188 valence electrons. The third-order valence-electron chi connectivity index (χ3n) is 5.30. The van der Waals surface area contributed by atoms with Crippen LogP contribution in [0.5, 0.6) is 23.1 Å². The number of alkyl halides is 3. The van der Waals surface area contributed by atoms with Crippen LogP contribution >= 0.6 is 0 Å². The molecule has 1 N–H and O–H groups in total. The van der Waals surface area contributed by atoms with Crippen LogP contribution in [0.2, 0.25) is 0 Å². The van der Waals surface area contributed by atoms with Gasteiger partial charge >= 0.3 is 6.18 Å². The number of hydrogen-bond acceptors (Lipinski definition) is 5. The van der Waals surface area contributed by atoms with Crippen LogP contribution in [-0.4, -0.2) is 24.2 Å². The van der Waals surface area contributed by atoms with E-state index in [2.05, 4.69) is 9.97 Å². The highest BCUT2D eigenvalue weighted by molar-refractivity contribution is 5.68. The summed E-state index contributed by atoms with van der Waals surface area (Å²) < 4.78 is 75.0. The predicted molar refractivity (Wildman–Crippen MR) is 124 cm³/mol. The van der Waals surface area contributed by atoms with Crippen molar-refractivity contribution in [3.05, 3.63) is 89.5 Å². The van der Waals surface area contributed by atoms with Gasteiger partial charge in [-0.25, -0.2) is 9.37 Å². The van der Waals surface area contributed by atoms with E-state index >= 15 is 0 Å². The SMILES string of the molecule is COc1ccc(COc2cc(OCc3ccc(OC)c(F)c3)ncc2-c2cc(C(F)(F)F)c[nH]2)cc1. The minimum atomic E-state index is -4.50. The maximum atomic E-state index is 14.0. The van der Waals surface area contributed by atoms with Crippen LogP contribution in [0.25, 0.3) is 11.3 Å². The third kappa shape index (κ3) is 5.88. The van der Waals surface area contributed by atoms with Crippen molar-refractivity contribution < 1.29 is 36.5 Å². The molecule has 0 radical (unpaired) electrons. The lowest BCUT2D eigenvalue weighted by Gasteiger charge is -2.13. The number of methoxy groups -OCH3 is 2. The van der Waals surface area contributed by atoms with E-state index in [0.29, 0.717) is 16.9 Å². The highest BCUT2D eigenvalue weighted by Crippen LogP contribution is 2.36. The number of pyridine rings is 1. The monoisotopic (exact) mass is 502 g/mol. The summed E-state index contributed by atoms with van der Waals surface area (Å²) in [6, 6.07) is 14.0. The lowest BCUT2D eigenvalue weighted by molar-refractivity contribution is -0.137. The summed E-state index contributed by atoms with van der Waals surface area (Å²) in [7, 11) is 2.93. The van der Waals surface area contributed by atoms with Crippen LogP contribution in [0.1, 0.15) is 16.7 Å². The molecule has 0 aliphatic carbocycles.